The number of carboxylic acid groups (broad SMARTS) is 1. The number of anilines is 1. The number of carboxylic acids is 1. The Morgan fingerprint density at radius 2 is 2.21 bits per heavy atom. The Kier molecular flexibility index (Phi) is 3.10. The Morgan fingerprint density at radius 3 is 2.79 bits per heavy atom. The Balaban J connectivity index is 1.78. The first kappa shape index (κ1) is 12.3. The van der Waals surface area contributed by atoms with Crippen LogP contribution in [0.25, 0.3) is 0 Å². The standard InChI is InChI=1S/C13H17N3O3/c17-12(18)10-6-15-11(7-14-10)16-4-5-19-9-13(8-16)2-1-3-13/h6-7H,1-5,8-9H2,(H,17,18). The molecule has 6 nitrogen and oxygen atoms in total. The van der Waals surface area contributed by atoms with Gasteiger partial charge in [-0.1, -0.05) is 6.42 Å². The molecule has 0 atom stereocenters. The summed E-state index contributed by atoms with van der Waals surface area (Å²) < 4.78 is 5.68. The number of nitrogens with zero attached hydrogens (tertiary/aromatic N) is 3. The highest BCUT2D eigenvalue weighted by molar-refractivity contribution is 5.84. The molecule has 1 spiro atoms. The van der Waals surface area contributed by atoms with E-state index in [0.29, 0.717) is 6.61 Å². The predicted octanol–water partition coefficient (Wildman–Crippen LogP) is 1.18. The lowest BCUT2D eigenvalue weighted by Crippen LogP contribution is -2.43. The third kappa shape index (κ3) is 2.40. The first-order valence-corrected chi connectivity index (χ1v) is 6.57. The molecule has 1 aliphatic heterocycles. The molecule has 6 heteroatoms. The van der Waals surface area contributed by atoms with Crippen LogP contribution in [0.15, 0.2) is 12.4 Å². The highest BCUT2D eigenvalue weighted by Crippen LogP contribution is 2.43. The average molecular weight is 263 g/mol. The van der Waals surface area contributed by atoms with Crippen LogP contribution in [0.2, 0.25) is 0 Å². The van der Waals surface area contributed by atoms with E-state index in [1.165, 1.54) is 25.5 Å². The van der Waals surface area contributed by atoms with Crippen molar-refractivity contribution in [2.75, 3.05) is 31.2 Å². The molecule has 2 fully saturated rings. The highest BCUT2D eigenvalue weighted by atomic mass is 16.5. The zero-order chi connectivity index (χ0) is 13.3. The van der Waals surface area contributed by atoms with E-state index in [1.807, 2.05) is 0 Å². The Morgan fingerprint density at radius 1 is 1.37 bits per heavy atom. The van der Waals surface area contributed by atoms with Crippen LogP contribution in [0.5, 0.6) is 0 Å². The molecule has 19 heavy (non-hydrogen) atoms. The van der Waals surface area contributed by atoms with Crippen molar-refractivity contribution in [1.29, 1.82) is 0 Å². The third-order valence-corrected chi connectivity index (χ3v) is 4.04. The van der Waals surface area contributed by atoms with E-state index in [-0.39, 0.29) is 11.1 Å². The number of rotatable bonds is 2. The summed E-state index contributed by atoms with van der Waals surface area (Å²) in [4.78, 5) is 21.1. The van der Waals surface area contributed by atoms with Crippen molar-refractivity contribution >= 4 is 11.8 Å². The van der Waals surface area contributed by atoms with Crippen molar-refractivity contribution in [3.8, 4) is 0 Å². The second kappa shape index (κ2) is 4.77. The first-order chi connectivity index (χ1) is 9.19. The molecule has 1 aromatic rings. The molecular weight excluding hydrogens is 246 g/mol. The van der Waals surface area contributed by atoms with E-state index in [0.717, 1.165) is 25.5 Å². The second-order valence-electron chi connectivity index (χ2n) is 5.39. The largest absolute Gasteiger partial charge is 0.476 e. The molecule has 0 bridgehead atoms. The van der Waals surface area contributed by atoms with Crippen LogP contribution in [0.1, 0.15) is 29.8 Å². The Labute approximate surface area is 111 Å². The van der Waals surface area contributed by atoms with Gasteiger partial charge in [-0.2, -0.15) is 0 Å². The summed E-state index contributed by atoms with van der Waals surface area (Å²) in [5, 5.41) is 8.83. The number of aromatic nitrogens is 2. The number of hydrogen-bond donors (Lipinski definition) is 1. The summed E-state index contributed by atoms with van der Waals surface area (Å²) in [5.74, 6) is -0.310. The molecule has 2 heterocycles. The van der Waals surface area contributed by atoms with Gasteiger partial charge in [-0.3, -0.25) is 0 Å². The van der Waals surface area contributed by atoms with Crippen molar-refractivity contribution < 1.29 is 14.6 Å². The fraction of sp³-hybridized carbons (Fsp3) is 0.615. The summed E-state index contributed by atoms with van der Waals surface area (Å²) in [6.45, 7) is 3.21. The normalized spacial score (nSPS) is 21.8. The molecule has 102 valence electrons. The van der Waals surface area contributed by atoms with Gasteiger partial charge in [0.2, 0.25) is 0 Å². The number of ether oxygens (including phenoxy) is 1. The molecule has 3 rings (SSSR count). The fourth-order valence-corrected chi connectivity index (χ4v) is 2.76. The van der Waals surface area contributed by atoms with Crippen LogP contribution in [-0.4, -0.2) is 47.3 Å². The lowest BCUT2D eigenvalue weighted by Gasteiger charge is -2.42. The maximum absolute atomic E-state index is 10.8. The van der Waals surface area contributed by atoms with Gasteiger partial charge in [-0.05, 0) is 12.8 Å². The van der Waals surface area contributed by atoms with Crippen LogP contribution < -0.4 is 4.90 Å². The van der Waals surface area contributed by atoms with Gasteiger partial charge in [0.25, 0.3) is 0 Å². The summed E-state index contributed by atoms with van der Waals surface area (Å²) in [6, 6.07) is 0. The van der Waals surface area contributed by atoms with Gasteiger partial charge in [-0.25, -0.2) is 14.8 Å². The van der Waals surface area contributed by atoms with Gasteiger partial charge in [0, 0.05) is 18.5 Å². The van der Waals surface area contributed by atoms with E-state index in [2.05, 4.69) is 14.9 Å². The fourth-order valence-electron chi connectivity index (χ4n) is 2.76. The second-order valence-corrected chi connectivity index (χ2v) is 5.39. The lowest BCUT2D eigenvalue weighted by molar-refractivity contribution is 0.0187. The maximum atomic E-state index is 10.8. The zero-order valence-electron chi connectivity index (χ0n) is 10.7. The molecule has 1 saturated carbocycles. The maximum Gasteiger partial charge on any atom is 0.356 e. The van der Waals surface area contributed by atoms with Crippen molar-refractivity contribution in [2.24, 2.45) is 5.41 Å². The summed E-state index contributed by atoms with van der Waals surface area (Å²) >= 11 is 0. The minimum Gasteiger partial charge on any atom is -0.476 e. The minimum atomic E-state index is -1.05. The minimum absolute atomic E-state index is 0.0202. The van der Waals surface area contributed by atoms with Crippen molar-refractivity contribution in [1.82, 2.24) is 9.97 Å². The van der Waals surface area contributed by atoms with Crippen molar-refractivity contribution in [3.05, 3.63) is 18.1 Å². The Bertz CT molecular complexity index is 471. The van der Waals surface area contributed by atoms with Gasteiger partial charge >= 0.3 is 5.97 Å². The Hall–Kier alpha value is -1.69. The number of carbonyl (C=O) groups is 1. The molecule has 0 radical (unpaired) electrons. The smallest absolute Gasteiger partial charge is 0.356 e. The monoisotopic (exact) mass is 263 g/mol. The van der Waals surface area contributed by atoms with Crippen molar-refractivity contribution in [3.63, 3.8) is 0 Å². The quantitative estimate of drug-likeness (QED) is 0.863. The SMILES string of the molecule is O=C(O)c1cnc(N2CCOCC3(CCC3)C2)cn1. The molecule has 0 aromatic carbocycles. The van der Waals surface area contributed by atoms with Gasteiger partial charge in [-0.15, -0.1) is 0 Å². The van der Waals surface area contributed by atoms with Gasteiger partial charge < -0.3 is 14.7 Å². The van der Waals surface area contributed by atoms with Crippen LogP contribution in [0, 0.1) is 5.41 Å². The van der Waals surface area contributed by atoms with Crippen LogP contribution in [0.4, 0.5) is 5.82 Å². The predicted molar refractivity (Wildman–Crippen MR) is 68.3 cm³/mol. The van der Waals surface area contributed by atoms with Gasteiger partial charge in [0.1, 0.15) is 5.82 Å². The molecule has 1 aromatic heterocycles. The molecule has 1 N–H and O–H groups in total. The molecule has 0 amide bonds. The van der Waals surface area contributed by atoms with Crippen molar-refractivity contribution in [2.45, 2.75) is 19.3 Å². The van der Waals surface area contributed by atoms with Gasteiger partial charge in [0.05, 0.1) is 25.6 Å². The molecule has 1 saturated heterocycles. The molecular formula is C13H17N3O3. The van der Waals surface area contributed by atoms with Crippen LogP contribution in [0.3, 0.4) is 0 Å². The first-order valence-electron chi connectivity index (χ1n) is 6.57. The highest BCUT2D eigenvalue weighted by Gasteiger charge is 2.40. The molecule has 1 aliphatic carbocycles. The topological polar surface area (TPSA) is 75.5 Å². The summed E-state index contributed by atoms with van der Waals surface area (Å²) in [5.41, 5.74) is 0.247. The summed E-state index contributed by atoms with van der Waals surface area (Å²) in [7, 11) is 0. The average Bonchev–Trinajstić information content (AvgIpc) is 2.61. The molecule has 2 aliphatic rings. The van der Waals surface area contributed by atoms with E-state index in [9.17, 15) is 4.79 Å². The van der Waals surface area contributed by atoms with E-state index in [1.54, 1.807) is 6.20 Å². The number of hydrogen-bond acceptors (Lipinski definition) is 5. The lowest BCUT2D eigenvalue weighted by atomic mass is 9.69. The van der Waals surface area contributed by atoms with E-state index in [4.69, 9.17) is 9.84 Å². The molecule has 0 unspecified atom stereocenters. The van der Waals surface area contributed by atoms with Crippen LogP contribution >= 0.6 is 0 Å². The summed E-state index contributed by atoms with van der Waals surface area (Å²) in [6.07, 6.45) is 6.52. The number of aromatic carboxylic acids is 1. The van der Waals surface area contributed by atoms with Crippen LogP contribution in [-0.2, 0) is 4.74 Å². The zero-order valence-corrected chi connectivity index (χ0v) is 10.7. The third-order valence-electron chi connectivity index (χ3n) is 4.04. The van der Waals surface area contributed by atoms with E-state index >= 15 is 0 Å². The van der Waals surface area contributed by atoms with Gasteiger partial charge in [0.15, 0.2) is 5.69 Å². The van der Waals surface area contributed by atoms with E-state index < -0.39 is 5.97 Å².